The van der Waals surface area contributed by atoms with Crippen LogP contribution in [0.25, 0.3) is 32.9 Å². The number of alkyl halides is 1. The van der Waals surface area contributed by atoms with Crippen LogP contribution in [0.4, 0.5) is 14.6 Å². The Morgan fingerprint density at radius 2 is 2.07 bits per heavy atom. The summed E-state index contributed by atoms with van der Waals surface area (Å²) >= 11 is 0. The molecule has 0 radical (unpaired) electrons. The highest BCUT2D eigenvalue weighted by atomic mass is 19.1. The van der Waals surface area contributed by atoms with Crippen molar-refractivity contribution in [1.82, 2.24) is 24.8 Å². The first-order valence-electron chi connectivity index (χ1n) is 15.0. The lowest BCUT2D eigenvalue weighted by molar-refractivity contribution is -0.125. The number of hydrogen-bond acceptors (Lipinski definition) is 8. The second-order valence-corrected chi connectivity index (χ2v) is 12.1. The molecule has 4 aromatic rings. The van der Waals surface area contributed by atoms with Gasteiger partial charge in [-0.2, -0.15) is 9.97 Å². The van der Waals surface area contributed by atoms with E-state index in [2.05, 4.69) is 21.4 Å². The van der Waals surface area contributed by atoms with Crippen LogP contribution in [0.3, 0.4) is 0 Å². The molecule has 9 nitrogen and oxygen atoms in total. The minimum atomic E-state index is -0.912. The maximum Gasteiger partial charge on any atom is 0.319 e. The predicted molar refractivity (Wildman–Crippen MR) is 164 cm³/mol. The smallest absolute Gasteiger partial charge is 0.319 e. The van der Waals surface area contributed by atoms with Gasteiger partial charge in [-0.1, -0.05) is 30.8 Å². The number of ether oxygens (including phenoxy) is 1. The number of halogens is 2. The van der Waals surface area contributed by atoms with Crippen LogP contribution in [-0.2, 0) is 4.79 Å². The average molecular weight is 601 g/mol. The average Bonchev–Trinajstić information content (AvgIpc) is 3.74. The number of fused-ring (bicyclic) bond motifs is 3. The zero-order valence-electron chi connectivity index (χ0n) is 24.5. The van der Waals surface area contributed by atoms with Crippen LogP contribution in [0.1, 0.15) is 25.7 Å². The molecule has 2 aromatic heterocycles. The minimum Gasteiger partial charge on any atom is -0.508 e. The van der Waals surface area contributed by atoms with Crippen molar-refractivity contribution in [2.24, 2.45) is 0 Å². The molecule has 3 aliphatic heterocycles. The molecule has 0 spiro atoms. The van der Waals surface area contributed by atoms with E-state index < -0.39 is 17.5 Å². The topological polar surface area (TPSA) is 94.9 Å². The van der Waals surface area contributed by atoms with Gasteiger partial charge in [-0.3, -0.25) is 14.7 Å². The summed E-state index contributed by atoms with van der Waals surface area (Å²) in [7, 11) is 1.86. The molecule has 228 valence electrons. The van der Waals surface area contributed by atoms with Gasteiger partial charge in [0.05, 0.1) is 10.9 Å². The van der Waals surface area contributed by atoms with Crippen LogP contribution in [0.15, 0.2) is 55.3 Å². The van der Waals surface area contributed by atoms with Gasteiger partial charge in [0.1, 0.15) is 35.6 Å². The number of amides is 1. The van der Waals surface area contributed by atoms with Crippen molar-refractivity contribution < 1.29 is 23.4 Å². The number of carbonyl (C=O) groups is 1. The summed E-state index contributed by atoms with van der Waals surface area (Å²) in [5, 5.41) is 12.3. The molecule has 7 rings (SSSR count). The Morgan fingerprint density at radius 1 is 1.23 bits per heavy atom. The molecule has 2 aromatic carbocycles. The summed E-state index contributed by atoms with van der Waals surface area (Å²) in [6, 6.07) is 10.4. The standard InChI is InChI=1S/C33H34F2N6O3/c1-3-27(43)40-12-9-22(18-40)39(2)31-26-16-36-29(25-14-23(42)13-20-7-4-5-8-24(20)25)28(35)30(26)37-32(38-31)44-19-33-10-6-11-41(33)17-21(34)15-33/h3-5,7-8,13-14,16,21-22,42H,1,6,9-12,15,17-19H2,2H3/t21-,22-,33+/m1/s1. The van der Waals surface area contributed by atoms with E-state index in [0.29, 0.717) is 49.2 Å². The quantitative estimate of drug-likeness (QED) is 0.301. The second-order valence-electron chi connectivity index (χ2n) is 12.1. The van der Waals surface area contributed by atoms with E-state index in [4.69, 9.17) is 9.72 Å². The van der Waals surface area contributed by atoms with Crippen molar-refractivity contribution in [2.75, 3.05) is 44.7 Å². The Kier molecular flexibility index (Phi) is 7.07. The summed E-state index contributed by atoms with van der Waals surface area (Å²) in [5.74, 6) is -0.385. The molecule has 0 unspecified atom stereocenters. The summed E-state index contributed by atoms with van der Waals surface area (Å²) in [4.78, 5) is 31.9. The van der Waals surface area contributed by atoms with Crippen LogP contribution in [0, 0.1) is 5.82 Å². The third kappa shape index (κ3) is 4.79. The Hall–Kier alpha value is -4.38. The van der Waals surface area contributed by atoms with Gasteiger partial charge in [-0.15, -0.1) is 0 Å². The molecule has 1 amide bonds. The van der Waals surface area contributed by atoms with Crippen molar-refractivity contribution in [1.29, 1.82) is 0 Å². The molecular weight excluding hydrogens is 566 g/mol. The molecule has 5 heterocycles. The molecule has 0 bridgehead atoms. The molecule has 1 N–H and O–H groups in total. The lowest BCUT2D eigenvalue weighted by Crippen LogP contribution is -2.43. The lowest BCUT2D eigenvalue weighted by atomic mass is 9.95. The lowest BCUT2D eigenvalue weighted by Gasteiger charge is -2.31. The zero-order chi connectivity index (χ0) is 30.6. The number of carbonyl (C=O) groups excluding carboxylic acids is 1. The number of likely N-dealkylation sites (N-methyl/N-ethyl adjacent to an activating group) is 1. The maximum absolute atomic E-state index is 16.6. The molecule has 3 saturated heterocycles. The van der Waals surface area contributed by atoms with E-state index in [1.807, 2.05) is 36.2 Å². The normalized spacial score (nSPS) is 23.4. The van der Waals surface area contributed by atoms with Crippen molar-refractivity contribution in [3.63, 3.8) is 0 Å². The first kappa shape index (κ1) is 28.4. The third-order valence-corrected chi connectivity index (χ3v) is 9.51. The fraction of sp³-hybridized carbons (Fsp3) is 0.394. The van der Waals surface area contributed by atoms with Crippen molar-refractivity contribution in [3.8, 4) is 23.0 Å². The predicted octanol–water partition coefficient (Wildman–Crippen LogP) is 4.87. The highest BCUT2D eigenvalue weighted by Gasteiger charge is 2.49. The Labute approximate surface area is 253 Å². The first-order chi connectivity index (χ1) is 21.3. The van der Waals surface area contributed by atoms with Gasteiger partial charge in [0.25, 0.3) is 0 Å². The minimum absolute atomic E-state index is 0.00304. The van der Waals surface area contributed by atoms with E-state index in [-0.39, 0.29) is 41.5 Å². The largest absolute Gasteiger partial charge is 0.508 e. The van der Waals surface area contributed by atoms with Crippen molar-refractivity contribution in [3.05, 3.63) is 61.1 Å². The molecule has 11 heteroatoms. The number of phenols is 1. The number of pyridine rings is 1. The first-order valence-corrected chi connectivity index (χ1v) is 15.0. The zero-order valence-corrected chi connectivity index (χ0v) is 24.5. The number of likely N-dealkylation sites (tertiary alicyclic amines) is 1. The maximum atomic E-state index is 16.6. The van der Waals surface area contributed by atoms with Crippen LogP contribution in [0.2, 0.25) is 0 Å². The molecular formula is C33H34F2N6O3. The number of anilines is 1. The number of phenolic OH excluding ortho intramolecular Hbond substituents is 1. The van der Waals surface area contributed by atoms with Gasteiger partial charge < -0.3 is 19.6 Å². The fourth-order valence-electron chi connectivity index (χ4n) is 7.24. The van der Waals surface area contributed by atoms with E-state index in [1.54, 1.807) is 17.2 Å². The summed E-state index contributed by atoms with van der Waals surface area (Å²) in [5.41, 5.74) is 0.0826. The summed E-state index contributed by atoms with van der Waals surface area (Å²) < 4.78 is 37.2. The van der Waals surface area contributed by atoms with Crippen molar-refractivity contribution >= 4 is 33.4 Å². The molecule has 44 heavy (non-hydrogen) atoms. The van der Waals surface area contributed by atoms with Crippen LogP contribution >= 0.6 is 0 Å². The number of rotatable bonds is 7. The monoisotopic (exact) mass is 600 g/mol. The van der Waals surface area contributed by atoms with E-state index >= 15 is 4.39 Å². The number of benzene rings is 2. The number of aromatic nitrogens is 3. The summed E-state index contributed by atoms with van der Waals surface area (Å²) in [6.07, 6.45) is 4.79. The van der Waals surface area contributed by atoms with Gasteiger partial charge in [0.2, 0.25) is 5.91 Å². The van der Waals surface area contributed by atoms with E-state index in [1.165, 1.54) is 12.1 Å². The van der Waals surface area contributed by atoms with Gasteiger partial charge in [-0.25, -0.2) is 8.78 Å². The van der Waals surface area contributed by atoms with Crippen LogP contribution in [-0.4, -0.2) is 93.4 Å². The Balaban J connectivity index is 1.32. The number of aromatic hydroxyl groups is 1. The molecule has 3 fully saturated rings. The van der Waals surface area contributed by atoms with Crippen LogP contribution < -0.4 is 9.64 Å². The molecule has 0 saturated carbocycles. The molecule has 3 aliphatic rings. The number of nitrogens with zero attached hydrogens (tertiary/aromatic N) is 6. The van der Waals surface area contributed by atoms with E-state index in [0.717, 1.165) is 30.2 Å². The van der Waals surface area contributed by atoms with E-state index in [9.17, 15) is 14.3 Å². The second kappa shape index (κ2) is 11.0. The molecule has 3 atom stereocenters. The fourth-order valence-corrected chi connectivity index (χ4v) is 7.24. The van der Waals surface area contributed by atoms with Gasteiger partial charge in [0, 0.05) is 50.9 Å². The van der Waals surface area contributed by atoms with Crippen molar-refractivity contribution in [2.45, 2.75) is 43.4 Å². The SMILES string of the molecule is C=CC(=O)N1CC[C@@H](N(C)c2nc(OC[C@@]34CCCN3C[C@H](F)C4)nc3c(F)c(-c4cc(O)cc5ccccc45)ncc23)C1. The third-order valence-electron chi connectivity index (χ3n) is 9.51. The van der Waals surface area contributed by atoms with Gasteiger partial charge in [0.15, 0.2) is 5.82 Å². The molecule has 0 aliphatic carbocycles. The highest BCUT2D eigenvalue weighted by molar-refractivity contribution is 6.00. The number of hydrogen-bond donors (Lipinski definition) is 1. The highest BCUT2D eigenvalue weighted by Crippen LogP contribution is 2.41. The summed E-state index contributed by atoms with van der Waals surface area (Å²) in [6.45, 7) is 6.03. The van der Waals surface area contributed by atoms with Crippen LogP contribution in [0.5, 0.6) is 11.8 Å². The van der Waals surface area contributed by atoms with Gasteiger partial charge >= 0.3 is 6.01 Å². The van der Waals surface area contributed by atoms with Gasteiger partial charge in [-0.05, 0) is 54.8 Å². The Morgan fingerprint density at radius 3 is 2.91 bits per heavy atom. The Bertz CT molecular complexity index is 1790.